The largest absolute Gasteiger partial charge is 0.365 e. The predicted octanol–water partition coefficient (Wildman–Crippen LogP) is 4.44. The van der Waals surface area contributed by atoms with Crippen molar-refractivity contribution in [3.63, 3.8) is 0 Å². The molecule has 0 aromatic heterocycles. The Balaban J connectivity index is 2.26. The summed E-state index contributed by atoms with van der Waals surface area (Å²) in [6.45, 7) is 11.0. The van der Waals surface area contributed by atoms with Crippen molar-refractivity contribution in [1.29, 1.82) is 0 Å². The Bertz CT molecular complexity index is 478. The quantitative estimate of drug-likeness (QED) is 0.857. The second-order valence-corrected chi connectivity index (χ2v) is 7.32. The first-order valence-corrected chi connectivity index (χ1v) is 8.68. The molecule has 2 nitrogen and oxygen atoms in total. The second-order valence-electron chi connectivity index (χ2n) is 6.46. The molecule has 1 aliphatic heterocycles. The fourth-order valence-corrected chi connectivity index (χ4v) is 3.38. The van der Waals surface area contributed by atoms with Gasteiger partial charge in [0.15, 0.2) is 0 Å². The van der Waals surface area contributed by atoms with Gasteiger partial charge in [-0.1, -0.05) is 34.1 Å². The lowest BCUT2D eigenvalue weighted by molar-refractivity contribution is 0.281. The van der Waals surface area contributed by atoms with Crippen molar-refractivity contribution in [1.82, 2.24) is 5.32 Å². The highest BCUT2D eigenvalue weighted by Crippen LogP contribution is 2.29. The van der Waals surface area contributed by atoms with E-state index in [4.69, 9.17) is 0 Å². The minimum absolute atomic E-state index is 0.201. The fourth-order valence-electron chi connectivity index (χ4n) is 3.02. The highest BCUT2D eigenvalue weighted by Gasteiger charge is 2.32. The zero-order valence-corrected chi connectivity index (χ0v) is 15.0. The van der Waals surface area contributed by atoms with Crippen molar-refractivity contribution in [2.24, 2.45) is 11.8 Å². The van der Waals surface area contributed by atoms with Crippen LogP contribution in [-0.4, -0.2) is 25.2 Å². The summed E-state index contributed by atoms with van der Waals surface area (Å²) in [7, 11) is 0. The van der Waals surface area contributed by atoms with E-state index in [0.717, 1.165) is 18.8 Å². The van der Waals surface area contributed by atoms with E-state index in [-0.39, 0.29) is 5.82 Å². The Morgan fingerprint density at radius 2 is 2.10 bits per heavy atom. The van der Waals surface area contributed by atoms with Crippen LogP contribution in [0.4, 0.5) is 10.1 Å². The second kappa shape index (κ2) is 7.10. The van der Waals surface area contributed by atoms with Crippen molar-refractivity contribution >= 4 is 21.6 Å². The Morgan fingerprint density at radius 1 is 1.38 bits per heavy atom. The Kier molecular flexibility index (Phi) is 5.67. The number of nitrogens with zero attached hydrogens (tertiary/aromatic N) is 1. The molecule has 4 heteroatoms. The molecule has 118 valence electrons. The number of benzene rings is 1. The van der Waals surface area contributed by atoms with Crippen LogP contribution in [0.1, 0.15) is 34.1 Å². The third-order valence-corrected chi connectivity index (χ3v) is 5.33. The molecule has 1 saturated heterocycles. The summed E-state index contributed by atoms with van der Waals surface area (Å²) in [4.78, 5) is 2.45. The zero-order chi connectivity index (χ0) is 15.6. The first kappa shape index (κ1) is 16.8. The molecule has 1 N–H and O–H groups in total. The number of halogens is 2. The fraction of sp³-hybridized carbons (Fsp3) is 0.647. The molecule has 1 fully saturated rings. The van der Waals surface area contributed by atoms with Crippen LogP contribution >= 0.6 is 15.9 Å². The summed E-state index contributed by atoms with van der Waals surface area (Å²) < 4.78 is 14.0. The maximum Gasteiger partial charge on any atom is 0.137 e. The lowest BCUT2D eigenvalue weighted by Gasteiger charge is -2.45. The lowest BCUT2D eigenvalue weighted by Crippen LogP contribution is -2.60. The van der Waals surface area contributed by atoms with Crippen molar-refractivity contribution < 1.29 is 4.39 Å². The molecular weight excluding hydrogens is 331 g/mol. The molecule has 0 bridgehead atoms. The molecule has 21 heavy (non-hydrogen) atoms. The first-order valence-electron chi connectivity index (χ1n) is 7.89. The van der Waals surface area contributed by atoms with Gasteiger partial charge < -0.3 is 10.2 Å². The van der Waals surface area contributed by atoms with E-state index in [1.807, 2.05) is 12.1 Å². The highest BCUT2D eigenvalue weighted by atomic mass is 79.9. The van der Waals surface area contributed by atoms with Gasteiger partial charge in [-0.25, -0.2) is 4.39 Å². The lowest BCUT2D eigenvalue weighted by atomic mass is 9.91. The van der Waals surface area contributed by atoms with Gasteiger partial charge in [0.05, 0.1) is 4.47 Å². The predicted molar refractivity (Wildman–Crippen MR) is 91.3 cm³/mol. The minimum Gasteiger partial charge on any atom is -0.365 e. The van der Waals surface area contributed by atoms with Gasteiger partial charge in [0.25, 0.3) is 0 Å². The van der Waals surface area contributed by atoms with Crippen LogP contribution in [0.25, 0.3) is 0 Å². The highest BCUT2D eigenvalue weighted by molar-refractivity contribution is 9.10. The number of anilines is 1. The molecule has 1 aromatic carbocycles. The van der Waals surface area contributed by atoms with Crippen LogP contribution in [0, 0.1) is 17.7 Å². The van der Waals surface area contributed by atoms with E-state index in [2.05, 4.69) is 53.8 Å². The molecule has 0 radical (unpaired) electrons. The minimum atomic E-state index is -0.201. The number of hydrogen-bond acceptors (Lipinski definition) is 2. The summed E-state index contributed by atoms with van der Waals surface area (Å²) in [5.41, 5.74) is 1.11. The first-order chi connectivity index (χ1) is 9.93. The van der Waals surface area contributed by atoms with Gasteiger partial charge in [0.2, 0.25) is 0 Å². The van der Waals surface area contributed by atoms with Crippen molar-refractivity contribution in [2.45, 2.75) is 46.2 Å². The van der Waals surface area contributed by atoms with E-state index in [1.54, 1.807) is 6.07 Å². The molecule has 0 amide bonds. The third kappa shape index (κ3) is 3.78. The van der Waals surface area contributed by atoms with E-state index in [9.17, 15) is 4.39 Å². The van der Waals surface area contributed by atoms with Gasteiger partial charge in [0, 0.05) is 30.9 Å². The maximum absolute atomic E-state index is 13.5. The van der Waals surface area contributed by atoms with E-state index < -0.39 is 0 Å². The van der Waals surface area contributed by atoms with Crippen LogP contribution < -0.4 is 10.2 Å². The molecule has 2 rings (SSSR count). The smallest absolute Gasteiger partial charge is 0.137 e. The van der Waals surface area contributed by atoms with Crippen LogP contribution in [0.5, 0.6) is 0 Å². The molecule has 1 aliphatic rings. The molecule has 0 saturated carbocycles. The molecule has 1 heterocycles. The Labute approximate surface area is 136 Å². The normalized spacial score (nSPS) is 24.4. The van der Waals surface area contributed by atoms with Gasteiger partial charge in [-0.05, 0) is 46.0 Å². The van der Waals surface area contributed by atoms with Crippen molar-refractivity contribution in [3.05, 3.63) is 28.5 Å². The molecule has 0 spiro atoms. The summed E-state index contributed by atoms with van der Waals surface area (Å²) in [6.07, 6.45) is 1.17. The van der Waals surface area contributed by atoms with Gasteiger partial charge >= 0.3 is 0 Å². The van der Waals surface area contributed by atoms with Gasteiger partial charge in [-0.15, -0.1) is 0 Å². The van der Waals surface area contributed by atoms with Crippen LogP contribution in [-0.2, 0) is 0 Å². The summed E-state index contributed by atoms with van der Waals surface area (Å²) >= 11 is 3.31. The van der Waals surface area contributed by atoms with Crippen LogP contribution in [0.15, 0.2) is 22.7 Å². The summed E-state index contributed by atoms with van der Waals surface area (Å²) in [6, 6.07) is 6.30. The molecule has 1 aromatic rings. The van der Waals surface area contributed by atoms with Gasteiger partial charge in [-0.2, -0.15) is 0 Å². The molecule has 3 unspecified atom stereocenters. The summed E-state index contributed by atoms with van der Waals surface area (Å²) in [5, 5.41) is 3.70. The third-order valence-electron chi connectivity index (χ3n) is 4.72. The number of nitrogens with one attached hydrogen (secondary N) is 1. The topological polar surface area (TPSA) is 15.3 Å². The number of piperazine rings is 1. The average molecular weight is 357 g/mol. The zero-order valence-electron chi connectivity index (χ0n) is 13.4. The standard InChI is InChI=1S/C17H26BrFN2/c1-5-12(4)16-10-21(17(9-20-16)11(2)3)13-6-7-15(19)14(18)8-13/h6-8,11-12,16-17,20H,5,9-10H2,1-4H3. The van der Waals surface area contributed by atoms with E-state index >= 15 is 0 Å². The molecule has 0 aliphatic carbocycles. The van der Waals surface area contributed by atoms with Gasteiger partial charge in [-0.3, -0.25) is 0 Å². The molecular formula is C17H26BrFN2. The van der Waals surface area contributed by atoms with E-state index in [1.165, 1.54) is 6.42 Å². The Hall–Kier alpha value is -0.610. The van der Waals surface area contributed by atoms with E-state index in [0.29, 0.717) is 28.4 Å². The Morgan fingerprint density at radius 3 is 2.67 bits per heavy atom. The van der Waals surface area contributed by atoms with Crippen LogP contribution in [0.3, 0.4) is 0 Å². The number of rotatable bonds is 4. The number of hydrogen-bond donors (Lipinski definition) is 1. The van der Waals surface area contributed by atoms with Crippen molar-refractivity contribution in [2.75, 3.05) is 18.0 Å². The SMILES string of the molecule is CCC(C)C1CN(c2ccc(F)c(Br)c2)C(C(C)C)CN1. The van der Waals surface area contributed by atoms with Crippen LogP contribution in [0.2, 0.25) is 0 Å². The molecule has 3 atom stereocenters. The van der Waals surface area contributed by atoms with Gasteiger partial charge in [0.1, 0.15) is 5.82 Å². The maximum atomic E-state index is 13.5. The average Bonchev–Trinajstić information content (AvgIpc) is 2.48. The summed E-state index contributed by atoms with van der Waals surface area (Å²) in [5.74, 6) is 0.997. The van der Waals surface area contributed by atoms with Crippen molar-refractivity contribution in [3.8, 4) is 0 Å². The monoisotopic (exact) mass is 356 g/mol.